The van der Waals surface area contributed by atoms with Crippen LogP contribution in [0.3, 0.4) is 0 Å². The topological polar surface area (TPSA) is 142 Å². The number of hydrogen-bond donors (Lipinski definition) is 3. The molecule has 10 nitrogen and oxygen atoms in total. The summed E-state index contributed by atoms with van der Waals surface area (Å²) >= 11 is 0. The molecule has 3 amide bonds. The van der Waals surface area contributed by atoms with Crippen molar-refractivity contribution in [1.82, 2.24) is 15.5 Å². The van der Waals surface area contributed by atoms with Crippen molar-refractivity contribution in [3.05, 3.63) is 24.4 Å². The number of ketones is 1. The Morgan fingerprint density at radius 2 is 1.49 bits per heavy atom. The Kier molecular flexibility index (Phi) is 16.8. The van der Waals surface area contributed by atoms with Crippen molar-refractivity contribution in [3.63, 3.8) is 0 Å². The van der Waals surface area contributed by atoms with Gasteiger partial charge in [-0.15, -0.1) is 0 Å². The van der Waals surface area contributed by atoms with Crippen LogP contribution in [-0.2, 0) is 28.7 Å². The van der Waals surface area contributed by atoms with Gasteiger partial charge in [0.25, 0.3) is 5.91 Å². The lowest BCUT2D eigenvalue weighted by Crippen LogP contribution is -2.55. The second kappa shape index (κ2) is 19.2. The fourth-order valence-electron chi connectivity index (χ4n) is 4.70. The lowest BCUT2D eigenvalue weighted by Gasteiger charge is -2.29. The van der Waals surface area contributed by atoms with Gasteiger partial charge in [0.15, 0.2) is 11.4 Å². The predicted octanol–water partition coefficient (Wildman–Crippen LogP) is 3.72. The smallest absolute Gasteiger partial charge is 0.325 e. The molecular formula is C31H51N3O7. The third kappa shape index (κ3) is 13.9. The highest BCUT2D eigenvalue weighted by Crippen LogP contribution is 2.23. The fraction of sp³-hybridized carbons (Fsp3) is 0.710. The number of likely N-dealkylation sites (N-methyl/N-ethyl adjacent to an activating group) is 1. The second-order valence-electron chi connectivity index (χ2n) is 11.2. The molecule has 0 aromatic heterocycles. The molecule has 0 fully saturated rings. The van der Waals surface area contributed by atoms with Gasteiger partial charge < -0.3 is 25.4 Å². The highest BCUT2D eigenvalue weighted by Gasteiger charge is 2.44. The summed E-state index contributed by atoms with van der Waals surface area (Å²) in [4.78, 5) is 64.3. The molecule has 10 heteroatoms. The average Bonchev–Trinajstić information content (AvgIpc) is 2.92. The molecule has 1 aliphatic rings. The molecule has 0 saturated heterocycles. The molecule has 3 N–H and O–H groups in total. The van der Waals surface area contributed by atoms with Crippen molar-refractivity contribution in [2.45, 2.75) is 116 Å². The summed E-state index contributed by atoms with van der Waals surface area (Å²) in [6, 6.07) is 0. The number of unbranched alkanes of at least 4 members (excludes halogenated alkanes) is 11. The van der Waals surface area contributed by atoms with Gasteiger partial charge >= 0.3 is 5.97 Å². The van der Waals surface area contributed by atoms with Crippen LogP contribution in [0.4, 0.5) is 0 Å². The Labute approximate surface area is 245 Å². The van der Waals surface area contributed by atoms with Crippen molar-refractivity contribution in [2.75, 3.05) is 20.1 Å². The first-order valence-electron chi connectivity index (χ1n) is 15.1. The number of esters is 1. The summed E-state index contributed by atoms with van der Waals surface area (Å²) in [6.45, 7) is 7.51. The molecule has 0 aromatic rings. The van der Waals surface area contributed by atoms with Crippen LogP contribution in [0.2, 0.25) is 0 Å². The number of Topliss-reactive ketones (excluding diaryl/α,β-unsaturated/α-hetero) is 1. The van der Waals surface area contributed by atoms with E-state index in [1.165, 1.54) is 71.4 Å². The van der Waals surface area contributed by atoms with E-state index in [4.69, 9.17) is 4.74 Å². The van der Waals surface area contributed by atoms with E-state index < -0.39 is 53.6 Å². The van der Waals surface area contributed by atoms with Crippen LogP contribution in [0.15, 0.2) is 24.4 Å². The number of ether oxygens (including phenoxy) is 1. The Morgan fingerprint density at radius 3 is 2.05 bits per heavy atom. The molecule has 41 heavy (non-hydrogen) atoms. The molecule has 232 valence electrons. The number of hydrogen-bond acceptors (Lipinski definition) is 7. The first-order chi connectivity index (χ1) is 19.4. The van der Waals surface area contributed by atoms with Crippen LogP contribution in [0.1, 0.15) is 104 Å². The van der Waals surface area contributed by atoms with Gasteiger partial charge in [-0.3, -0.25) is 24.0 Å². The van der Waals surface area contributed by atoms with Crippen LogP contribution in [0.25, 0.3) is 0 Å². The molecule has 3 unspecified atom stereocenters. The molecule has 0 aliphatic carbocycles. The van der Waals surface area contributed by atoms with Crippen LogP contribution >= 0.6 is 0 Å². The Balaban J connectivity index is 2.81. The summed E-state index contributed by atoms with van der Waals surface area (Å²) in [7, 11) is 1.42. The number of carbonyl (C=O) groups is 5. The zero-order valence-electron chi connectivity index (χ0n) is 25.5. The van der Waals surface area contributed by atoms with Crippen LogP contribution < -0.4 is 10.6 Å². The minimum Gasteiger partial charge on any atom is -0.460 e. The fourth-order valence-corrected chi connectivity index (χ4v) is 4.70. The van der Waals surface area contributed by atoms with Gasteiger partial charge in [-0.2, -0.15) is 0 Å². The number of aliphatic hydroxyl groups is 1. The monoisotopic (exact) mass is 577 g/mol. The van der Waals surface area contributed by atoms with E-state index in [0.29, 0.717) is 12.8 Å². The quantitative estimate of drug-likeness (QED) is 0.172. The van der Waals surface area contributed by atoms with E-state index in [9.17, 15) is 29.1 Å². The number of carbonyl (C=O) groups excluding carboxylic acids is 5. The summed E-state index contributed by atoms with van der Waals surface area (Å²) in [5.74, 6) is -4.75. The largest absolute Gasteiger partial charge is 0.460 e. The van der Waals surface area contributed by atoms with Gasteiger partial charge in [-0.1, -0.05) is 91.1 Å². The standard InChI is InChI=1S/C31H51N3O7/c1-6-7-8-9-10-11-12-13-14-15-16-17-18-25-24(3)29(38)31(4,40)30(39)32-21-26(35)33-23(2)19-20-27(36)34(5)22-28(37)41-25/h19-20,24-25,40H,2,6-18,21-22H2,1,3-5H3,(H,32,39)(H,33,35). The maximum Gasteiger partial charge on any atom is 0.325 e. The van der Waals surface area contributed by atoms with Crippen molar-refractivity contribution in [1.29, 1.82) is 0 Å². The summed E-state index contributed by atoms with van der Waals surface area (Å²) < 4.78 is 5.64. The van der Waals surface area contributed by atoms with Gasteiger partial charge in [0, 0.05) is 18.8 Å². The van der Waals surface area contributed by atoms with Crippen molar-refractivity contribution < 1.29 is 33.8 Å². The Morgan fingerprint density at radius 1 is 0.951 bits per heavy atom. The van der Waals surface area contributed by atoms with Gasteiger partial charge in [0.05, 0.1) is 12.5 Å². The number of nitrogens with zero attached hydrogens (tertiary/aromatic N) is 1. The minimum atomic E-state index is -2.45. The molecule has 1 heterocycles. The van der Waals surface area contributed by atoms with Gasteiger partial charge in [0.1, 0.15) is 12.6 Å². The van der Waals surface area contributed by atoms with Crippen molar-refractivity contribution >= 4 is 29.5 Å². The molecule has 0 bridgehead atoms. The van der Waals surface area contributed by atoms with E-state index >= 15 is 0 Å². The van der Waals surface area contributed by atoms with Gasteiger partial charge in [-0.25, -0.2) is 0 Å². The number of nitrogens with one attached hydrogen (secondary N) is 2. The minimum absolute atomic E-state index is 0.0804. The normalized spacial score (nSPS) is 23.7. The second-order valence-corrected chi connectivity index (χ2v) is 11.2. The number of allylic oxidation sites excluding steroid dienone is 1. The molecule has 3 atom stereocenters. The predicted molar refractivity (Wildman–Crippen MR) is 157 cm³/mol. The van der Waals surface area contributed by atoms with Crippen LogP contribution in [-0.4, -0.2) is 71.3 Å². The Bertz CT molecular complexity index is 929. The van der Waals surface area contributed by atoms with Crippen molar-refractivity contribution in [2.24, 2.45) is 5.92 Å². The van der Waals surface area contributed by atoms with Gasteiger partial charge in [-0.05, 0) is 25.8 Å². The number of rotatable bonds is 13. The van der Waals surface area contributed by atoms with Crippen LogP contribution in [0, 0.1) is 5.92 Å². The maximum absolute atomic E-state index is 13.2. The third-order valence-electron chi connectivity index (χ3n) is 7.40. The van der Waals surface area contributed by atoms with E-state index in [2.05, 4.69) is 24.1 Å². The van der Waals surface area contributed by atoms with E-state index in [0.717, 1.165) is 37.2 Å². The average molecular weight is 578 g/mol. The molecule has 0 radical (unpaired) electrons. The van der Waals surface area contributed by atoms with E-state index in [1.807, 2.05) is 0 Å². The highest BCUT2D eigenvalue weighted by atomic mass is 16.5. The summed E-state index contributed by atoms with van der Waals surface area (Å²) in [5, 5.41) is 15.4. The van der Waals surface area contributed by atoms with E-state index in [-0.39, 0.29) is 12.2 Å². The zero-order chi connectivity index (χ0) is 30.8. The summed E-state index contributed by atoms with van der Waals surface area (Å²) in [5.41, 5.74) is -2.37. The molecule has 0 saturated carbocycles. The SMILES string of the molecule is C=C1C=CC(=O)N(C)CC(=O)OC(CCCCCCCCCCCCCC)C(C)C(=O)C(C)(O)C(=O)NCC(=O)N1. The maximum atomic E-state index is 13.2. The molecular weight excluding hydrogens is 526 g/mol. The van der Waals surface area contributed by atoms with Crippen molar-refractivity contribution in [3.8, 4) is 0 Å². The third-order valence-corrected chi connectivity index (χ3v) is 7.40. The Hall–Kier alpha value is -3.01. The zero-order valence-corrected chi connectivity index (χ0v) is 25.5. The van der Waals surface area contributed by atoms with Crippen LogP contribution in [0.5, 0.6) is 0 Å². The van der Waals surface area contributed by atoms with Gasteiger partial charge in [0.2, 0.25) is 11.8 Å². The summed E-state index contributed by atoms with van der Waals surface area (Å²) in [6.07, 6.45) is 15.8. The first kappa shape index (κ1) is 36.0. The molecule has 0 spiro atoms. The molecule has 1 aliphatic heterocycles. The molecule has 0 aromatic carbocycles. The highest BCUT2D eigenvalue weighted by molar-refractivity contribution is 6.10. The lowest BCUT2D eigenvalue weighted by molar-refractivity contribution is -0.162. The number of amides is 3. The van der Waals surface area contributed by atoms with E-state index in [1.54, 1.807) is 0 Å². The lowest BCUT2D eigenvalue weighted by atomic mass is 9.85. The first-order valence-corrected chi connectivity index (χ1v) is 15.1. The molecule has 1 rings (SSSR count). The number of cyclic esters (lactones) is 1.